The summed E-state index contributed by atoms with van der Waals surface area (Å²) in [4.78, 5) is 25.4. The van der Waals surface area contributed by atoms with E-state index in [9.17, 15) is 9.59 Å². The van der Waals surface area contributed by atoms with E-state index in [1.54, 1.807) is 17.1 Å². The third-order valence-electron chi connectivity index (χ3n) is 6.28. The SMILES string of the molecule is Cc1ccccc1NC(=O)Cc1cnn(-c2cccc(C(=O)Cc3cnn(C4CCNC4)c3)c2)c1. The Kier molecular flexibility index (Phi) is 6.54. The fraction of sp³-hybridized carbons (Fsp3) is 0.259. The van der Waals surface area contributed by atoms with Crippen LogP contribution in [0.4, 0.5) is 5.69 Å². The predicted octanol–water partition coefficient (Wildman–Crippen LogP) is 3.52. The van der Waals surface area contributed by atoms with E-state index in [4.69, 9.17) is 0 Å². The van der Waals surface area contributed by atoms with E-state index in [1.165, 1.54) is 0 Å². The summed E-state index contributed by atoms with van der Waals surface area (Å²) in [7, 11) is 0. The molecule has 3 heterocycles. The molecule has 8 heteroatoms. The highest BCUT2D eigenvalue weighted by atomic mass is 16.1. The number of anilines is 1. The molecular weight excluding hydrogens is 440 g/mol. The predicted molar refractivity (Wildman–Crippen MR) is 134 cm³/mol. The van der Waals surface area contributed by atoms with E-state index >= 15 is 0 Å². The van der Waals surface area contributed by atoms with Crippen LogP contribution in [0.1, 0.15) is 39.5 Å². The Bertz CT molecular complexity index is 1350. The highest BCUT2D eigenvalue weighted by Crippen LogP contribution is 2.18. The molecule has 8 nitrogen and oxygen atoms in total. The Morgan fingerprint density at radius 3 is 2.69 bits per heavy atom. The van der Waals surface area contributed by atoms with Crippen LogP contribution in [-0.2, 0) is 17.6 Å². The molecule has 0 spiro atoms. The van der Waals surface area contributed by atoms with Crippen LogP contribution in [-0.4, -0.2) is 44.3 Å². The van der Waals surface area contributed by atoms with Crippen molar-refractivity contribution in [2.75, 3.05) is 18.4 Å². The summed E-state index contributed by atoms with van der Waals surface area (Å²) in [5.41, 5.74) is 4.92. The zero-order valence-electron chi connectivity index (χ0n) is 19.6. The highest BCUT2D eigenvalue weighted by molar-refractivity contribution is 5.98. The van der Waals surface area contributed by atoms with Crippen LogP contribution in [0.15, 0.2) is 73.3 Å². The molecule has 1 unspecified atom stereocenters. The van der Waals surface area contributed by atoms with Crippen LogP contribution < -0.4 is 10.6 Å². The molecule has 2 N–H and O–H groups in total. The van der Waals surface area contributed by atoms with Gasteiger partial charge in [-0.05, 0) is 54.8 Å². The summed E-state index contributed by atoms with van der Waals surface area (Å²) in [5.74, 6) is -0.0716. The van der Waals surface area contributed by atoms with Crippen molar-refractivity contribution in [3.05, 3.63) is 95.6 Å². The van der Waals surface area contributed by atoms with Gasteiger partial charge in [-0.3, -0.25) is 14.3 Å². The first-order chi connectivity index (χ1) is 17.0. The summed E-state index contributed by atoms with van der Waals surface area (Å²) >= 11 is 0. The number of benzene rings is 2. The molecule has 4 aromatic rings. The molecule has 5 rings (SSSR count). The van der Waals surface area contributed by atoms with Gasteiger partial charge in [-0.25, -0.2) is 4.68 Å². The largest absolute Gasteiger partial charge is 0.326 e. The fourth-order valence-electron chi connectivity index (χ4n) is 4.33. The number of ketones is 1. The molecule has 35 heavy (non-hydrogen) atoms. The quantitative estimate of drug-likeness (QED) is 0.386. The van der Waals surface area contributed by atoms with Gasteiger partial charge in [0.15, 0.2) is 5.78 Å². The number of Topliss-reactive ketones (excluding diaryl/α,β-unsaturated/α-hetero) is 1. The van der Waals surface area contributed by atoms with Gasteiger partial charge < -0.3 is 10.6 Å². The van der Waals surface area contributed by atoms with Crippen LogP contribution >= 0.6 is 0 Å². The molecular formula is C27H28N6O2. The topological polar surface area (TPSA) is 93.8 Å². The summed E-state index contributed by atoms with van der Waals surface area (Å²) in [5, 5.41) is 15.1. The molecule has 0 saturated carbocycles. The maximum atomic E-state index is 12.9. The molecule has 1 aliphatic rings. The minimum atomic E-state index is -0.100. The van der Waals surface area contributed by atoms with Crippen LogP contribution in [0.5, 0.6) is 0 Å². The number of hydrogen-bond acceptors (Lipinski definition) is 5. The van der Waals surface area contributed by atoms with Crippen molar-refractivity contribution in [1.29, 1.82) is 0 Å². The number of nitrogens with one attached hydrogen (secondary N) is 2. The van der Waals surface area contributed by atoms with Gasteiger partial charge >= 0.3 is 0 Å². The third-order valence-corrected chi connectivity index (χ3v) is 6.28. The van der Waals surface area contributed by atoms with Crippen LogP contribution in [0.3, 0.4) is 0 Å². The molecule has 1 aliphatic heterocycles. The molecule has 0 aliphatic carbocycles. The van der Waals surface area contributed by atoms with Crippen molar-refractivity contribution in [3.8, 4) is 5.69 Å². The summed E-state index contributed by atoms with van der Waals surface area (Å²) in [6, 6.07) is 15.4. The number of carbonyl (C=O) groups is 2. The number of aromatic nitrogens is 4. The molecule has 178 valence electrons. The maximum Gasteiger partial charge on any atom is 0.228 e. The molecule has 2 aromatic heterocycles. The second kappa shape index (κ2) is 10.1. The molecule has 1 amide bonds. The summed E-state index contributed by atoms with van der Waals surface area (Å²) in [6.45, 7) is 3.87. The van der Waals surface area contributed by atoms with Gasteiger partial charge in [0.05, 0.1) is 30.5 Å². The number of para-hydroxylation sites is 1. The van der Waals surface area contributed by atoms with E-state index in [0.29, 0.717) is 18.0 Å². The lowest BCUT2D eigenvalue weighted by molar-refractivity contribution is -0.115. The average molecular weight is 469 g/mol. The molecule has 1 fully saturated rings. The van der Waals surface area contributed by atoms with E-state index in [0.717, 1.165) is 47.6 Å². The van der Waals surface area contributed by atoms with Crippen molar-refractivity contribution < 1.29 is 9.59 Å². The maximum absolute atomic E-state index is 12.9. The number of hydrogen-bond donors (Lipinski definition) is 2. The highest BCUT2D eigenvalue weighted by Gasteiger charge is 2.18. The summed E-state index contributed by atoms with van der Waals surface area (Å²) in [6.07, 6.45) is 8.82. The van der Waals surface area contributed by atoms with Crippen LogP contribution in [0, 0.1) is 6.92 Å². The van der Waals surface area contributed by atoms with E-state index in [2.05, 4.69) is 20.8 Å². The van der Waals surface area contributed by atoms with E-state index in [1.807, 2.05) is 72.5 Å². The average Bonchev–Trinajstić information content (AvgIpc) is 3.63. The Morgan fingerprint density at radius 2 is 1.86 bits per heavy atom. The smallest absolute Gasteiger partial charge is 0.228 e. The van der Waals surface area contributed by atoms with Gasteiger partial charge in [0.1, 0.15) is 0 Å². The minimum absolute atomic E-state index is 0.0286. The van der Waals surface area contributed by atoms with Crippen molar-refractivity contribution >= 4 is 17.4 Å². The lowest BCUT2D eigenvalue weighted by Gasteiger charge is -2.08. The van der Waals surface area contributed by atoms with Gasteiger partial charge in [-0.15, -0.1) is 0 Å². The van der Waals surface area contributed by atoms with Gasteiger partial charge in [-0.1, -0.05) is 30.3 Å². The normalized spacial score (nSPS) is 15.3. The van der Waals surface area contributed by atoms with Gasteiger partial charge in [0.25, 0.3) is 0 Å². The zero-order chi connectivity index (χ0) is 24.2. The Balaban J connectivity index is 1.23. The molecule has 1 saturated heterocycles. The molecule has 0 radical (unpaired) electrons. The minimum Gasteiger partial charge on any atom is -0.326 e. The number of carbonyl (C=O) groups excluding carboxylic acids is 2. The van der Waals surface area contributed by atoms with E-state index < -0.39 is 0 Å². The third kappa shape index (κ3) is 5.38. The Hall–Kier alpha value is -4.04. The van der Waals surface area contributed by atoms with Crippen LogP contribution in [0.2, 0.25) is 0 Å². The first kappa shape index (κ1) is 22.7. The number of rotatable bonds is 8. The first-order valence-corrected chi connectivity index (χ1v) is 11.8. The van der Waals surface area contributed by atoms with Crippen molar-refractivity contribution in [2.45, 2.75) is 32.2 Å². The van der Waals surface area contributed by atoms with Gasteiger partial charge in [0, 0.05) is 36.6 Å². The monoisotopic (exact) mass is 468 g/mol. The number of aryl methyl sites for hydroxylation is 1. The lowest BCUT2D eigenvalue weighted by atomic mass is 10.0. The first-order valence-electron chi connectivity index (χ1n) is 11.8. The summed E-state index contributed by atoms with van der Waals surface area (Å²) < 4.78 is 3.65. The zero-order valence-corrected chi connectivity index (χ0v) is 19.6. The molecule has 0 bridgehead atoms. The van der Waals surface area contributed by atoms with Crippen molar-refractivity contribution in [3.63, 3.8) is 0 Å². The number of amides is 1. The van der Waals surface area contributed by atoms with Crippen LogP contribution in [0.25, 0.3) is 5.69 Å². The second-order valence-corrected chi connectivity index (χ2v) is 8.96. The van der Waals surface area contributed by atoms with Crippen molar-refractivity contribution in [1.82, 2.24) is 24.9 Å². The van der Waals surface area contributed by atoms with Gasteiger partial charge in [-0.2, -0.15) is 10.2 Å². The Morgan fingerprint density at radius 1 is 1.03 bits per heavy atom. The lowest BCUT2D eigenvalue weighted by Crippen LogP contribution is -2.14. The van der Waals surface area contributed by atoms with Gasteiger partial charge in [0.2, 0.25) is 5.91 Å². The second-order valence-electron chi connectivity index (χ2n) is 8.96. The number of nitrogens with zero attached hydrogens (tertiary/aromatic N) is 4. The van der Waals surface area contributed by atoms with Crippen molar-refractivity contribution in [2.24, 2.45) is 0 Å². The standard InChI is InChI=1S/C27H28N6O2/c1-19-5-2-3-8-25(19)31-27(35)12-21-15-29-32(18-21)23-7-4-6-22(13-23)26(34)11-20-14-30-33(17-20)24-9-10-28-16-24/h2-8,13-15,17-18,24,28H,9-12,16H2,1H3,(H,31,35). The Labute approximate surface area is 204 Å². The molecule has 2 aromatic carbocycles. The fourth-order valence-corrected chi connectivity index (χ4v) is 4.33. The molecule has 1 atom stereocenters. The van der Waals surface area contributed by atoms with E-state index in [-0.39, 0.29) is 18.1 Å².